The summed E-state index contributed by atoms with van der Waals surface area (Å²) < 4.78 is 1.46. The van der Waals surface area contributed by atoms with Crippen molar-refractivity contribution in [2.75, 3.05) is 11.1 Å². The van der Waals surface area contributed by atoms with Gasteiger partial charge in [-0.15, -0.1) is 0 Å². The van der Waals surface area contributed by atoms with Crippen molar-refractivity contribution >= 4 is 68.2 Å². The summed E-state index contributed by atoms with van der Waals surface area (Å²) in [5.74, 6) is -0.139. The number of benzene rings is 4. The van der Waals surface area contributed by atoms with Gasteiger partial charge in [0.2, 0.25) is 5.91 Å². The zero-order valence-electron chi connectivity index (χ0n) is 17.7. The molecule has 1 amide bonds. The van der Waals surface area contributed by atoms with Crippen LogP contribution in [0.1, 0.15) is 0 Å². The normalized spacial score (nSPS) is 11.1. The molecule has 8 heteroatoms. The van der Waals surface area contributed by atoms with Crippen LogP contribution in [0, 0.1) is 0 Å². The van der Waals surface area contributed by atoms with Gasteiger partial charge in [-0.3, -0.25) is 14.2 Å². The molecule has 0 bridgehead atoms. The lowest BCUT2D eigenvalue weighted by molar-refractivity contribution is -0.113. The molecule has 4 aromatic carbocycles. The van der Waals surface area contributed by atoms with Gasteiger partial charge in [0, 0.05) is 11.1 Å². The molecule has 0 fully saturated rings. The molecular weight excluding hydrogens is 489 g/mol. The maximum absolute atomic E-state index is 13.4. The molecule has 1 heterocycles. The van der Waals surface area contributed by atoms with Crippen LogP contribution in [0.15, 0.2) is 94.9 Å². The minimum Gasteiger partial charge on any atom is -0.325 e. The van der Waals surface area contributed by atoms with Crippen LogP contribution in [-0.2, 0) is 4.79 Å². The number of nitrogens with one attached hydrogen (secondary N) is 1. The minimum atomic E-state index is -0.249. The van der Waals surface area contributed by atoms with E-state index in [-0.39, 0.29) is 17.2 Å². The average Bonchev–Trinajstić information content (AvgIpc) is 2.85. The number of amides is 1. The molecule has 168 valence electrons. The fourth-order valence-electron chi connectivity index (χ4n) is 3.71. The van der Waals surface area contributed by atoms with Crippen LogP contribution in [0.3, 0.4) is 0 Å². The van der Waals surface area contributed by atoms with E-state index >= 15 is 0 Å². The van der Waals surface area contributed by atoms with Crippen LogP contribution in [0.2, 0.25) is 10.0 Å². The van der Waals surface area contributed by atoms with Crippen molar-refractivity contribution in [3.8, 4) is 5.69 Å². The first-order valence-corrected chi connectivity index (χ1v) is 12.1. The minimum absolute atomic E-state index is 0.0648. The zero-order chi connectivity index (χ0) is 23.7. The second kappa shape index (κ2) is 9.50. The first-order chi connectivity index (χ1) is 16.5. The predicted molar refractivity (Wildman–Crippen MR) is 141 cm³/mol. The molecule has 0 aliphatic rings. The SMILES string of the molecule is O=C(CSc1nc2ccccc2c(=O)n1-c1ccc(Cl)c(Cl)c1)Nc1cccc2ccccc12. The number of fused-ring (bicyclic) bond motifs is 2. The number of aromatic nitrogens is 2. The van der Waals surface area contributed by atoms with Gasteiger partial charge in [-0.25, -0.2) is 4.98 Å². The Labute approximate surface area is 209 Å². The van der Waals surface area contributed by atoms with E-state index in [4.69, 9.17) is 23.2 Å². The number of halogens is 2. The summed E-state index contributed by atoms with van der Waals surface area (Å²) in [7, 11) is 0. The van der Waals surface area contributed by atoms with Gasteiger partial charge in [-0.1, -0.05) is 83.5 Å². The van der Waals surface area contributed by atoms with E-state index in [1.807, 2.05) is 48.5 Å². The molecular formula is C26H17Cl2N3O2S. The maximum Gasteiger partial charge on any atom is 0.266 e. The lowest BCUT2D eigenvalue weighted by Crippen LogP contribution is -2.23. The molecule has 0 unspecified atom stereocenters. The van der Waals surface area contributed by atoms with Crippen molar-refractivity contribution in [2.24, 2.45) is 0 Å². The van der Waals surface area contributed by atoms with Gasteiger partial charge in [0.1, 0.15) is 0 Å². The van der Waals surface area contributed by atoms with Gasteiger partial charge in [0.25, 0.3) is 5.56 Å². The lowest BCUT2D eigenvalue weighted by Gasteiger charge is -2.14. The second-order valence-electron chi connectivity index (χ2n) is 7.51. The highest BCUT2D eigenvalue weighted by Crippen LogP contribution is 2.28. The third kappa shape index (κ3) is 4.40. The molecule has 1 N–H and O–H groups in total. The van der Waals surface area contributed by atoms with Crippen molar-refractivity contribution < 1.29 is 4.79 Å². The number of nitrogens with zero attached hydrogens (tertiary/aromatic N) is 2. The number of rotatable bonds is 5. The van der Waals surface area contributed by atoms with E-state index in [0.29, 0.717) is 31.8 Å². The van der Waals surface area contributed by atoms with Crippen molar-refractivity contribution in [3.63, 3.8) is 0 Å². The number of hydrogen-bond donors (Lipinski definition) is 1. The Morgan fingerprint density at radius 1 is 0.882 bits per heavy atom. The molecule has 0 saturated heterocycles. The van der Waals surface area contributed by atoms with E-state index in [1.165, 1.54) is 16.3 Å². The van der Waals surface area contributed by atoms with Crippen LogP contribution in [0.4, 0.5) is 5.69 Å². The number of carbonyl (C=O) groups is 1. The highest BCUT2D eigenvalue weighted by molar-refractivity contribution is 7.99. The molecule has 5 aromatic rings. The van der Waals surface area contributed by atoms with Gasteiger partial charge in [-0.05, 0) is 41.8 Å². The standard InChI is InChI=1S/C26H17Cl2N3O2S/c27-20-13-12-17(14-21(20)28)31-25(33)19-9-3-4-10-23(19)30-26(31)34-15-24(32)29-22-11-5-7-16-6-1-2-8-18(16)22/h1-14H,15H2,(H,29,32). The lowest BCUT2D eigenvalue weighted by atomic mass is 10.1. The third-order valence-corrected chi connectivity index (χ3v) is 6.98. The Morgan fingerprint density at radius 3 is 2.44 bits per heavy atom. The van der Waals surface area contributed by atoms with Gasteiger partial charge < -0.3 is 5.32 Å². The maximum atomic E-state index is 13.4. The van der Waals surface area contributed by atoms with Gasteiger partial charge in [0.05, 0.1) is 32.4 Å². The number of carbonyl (C=O) groups excluding carboxylic acids is 1. The Bertz CT molecular complexity index is 1610. The summed E-state index contributed by atoms with van der Waals surface area (Å²) in [6, 6.07) is 25.7. The molecule has 1 aromatic heterocycles. The molecule has 34 heavy (non-hydrogen) atoms. The van der Waals surface area contributed by atoms with Crippen molar-refractivity contribution in [1.29, 1.82) is 0 Å². The summed E-state index contributed by atoms with van der Waals surface area (Å²) >= 11 is 13.5. The Kier molecular flexibility index (Phi) is 6.28. The first-order valence-electron chi connectivity index (χ1n) is 10.4. The van der Waals surface area contributed by atoms with Crippen LogP contribution < -0.4 is 10.9 Å². The monoisotopic (exact) mass is 505 g/mol. The van der Waals surface area contributed by atoms with E-state index in [0.717, 1.165) is 16.5 Å². The van der Waals surface area contributed by atoms with Gasteiger partial charge in [0.15, 0.2) is 5.16 Å². The summed E-state index contributed by atoms with van der Waals surface area (Å²) in [6.45, 7) is 0. The number of para-hydroxylation sites is 1. The van der Waals surface area contributed by atoms with Crippen LogP contribution in [-0.4, -0.2) is 21.2 Å². The van der Waals surface area contributed by atoms with E-state index in [9.17, 15) is 9.59 Å². The molecule has 0 spiro atoms. The molecule has 5 rings (SSSR count). The number of thioether (sulfide) groups is 1. The van der Waals surface area contributed by atoms with Crippen LogP contribution >= 0.6 is 35.0 Å². The van der Waals surface area contributed by atoms with E-state index < -0.39 is 0 Å². The summed E-state index contributed by atoms with van der Waals surface area (Å²) in [6.07, 6.45) is 0. The predicted octanol–water partition coefficient (Wildman–Crippen LogP) is 6.58. The van der Waals surface area contributed by atoms with Crippen LogP contribution in [0.25, 0.3) is 27.4 Å². The zero-order valence-corrected chi connectivity index (χ0v) is 20.0. The third-order valence-electron chi connectivity index (χ3n) is 5.30. The Balaban J connectivity index is 1.48. The quantitative estimate of drug-likeness (QED) is 0.216. The van der Waals surface area contributed by atoms with Crippen molar-refractivity contribution in [3.05, 3.63) is 105 Å². The van der Waals surface area contributed by atoms with Crippen LogP contribution in [0.5, 0.6) is 0 Å². The molecule has 0 saturated carbocycles. The van der Waals surface area contributed by atoms with Gasteiger partial charge >= 0.3 is 0 Å². The Morgan fingerprint density at radius 2 is 1.62 bits per heavy atom. The highest BCUT2D eigenvalue weighted by Gasteiger charge is 2.16. The smallest absolute Gasteiger partial charge is 0.266 e. The van der Waals surface area contributed by atoms with Crippen molar-refractivity contribution in [2.45, 2.75) is 5.16 Å². The molecule has 0 aliphatic carbocycles. The molecule has 0 aliphatic heterocycles. The fraction of sp³-hybridized carbons (Fsp3) is 0.0385. The fourth-order valence-corrected chi connectivity index (χ4v) is 4.82. The van der Waals surface area contributed by atoms with E-state index in [2.05, 4.69) is 10.3 Å². The van der Waals surface area contributed by atoms with E-state index in [1.54, 1.807) is 36.4 Å². The van der Waals surface area contributed by atoms with Gasteiger partial charge in [-0.2, -0.15) is 0 Å². The second-order valence-corrected chi connectivity index (χ2v) is 9.27. The molecule has 0 radical (unpaired) electrons. The number of hydrogen-bond acceptors (Lipinski definition) is 4. The highest BCUT2D eigenvalue weighted by atomic mass is 35.5. The van der Waals surface area contributed by atoms with Crippen molar-refractivity contribution in [1.82, 2.24) is 9.55 Å². The average molecular weight is 506 g/mol. The largest absolute Gasteiger partial charge is 0.325 e. The summed E-state index contributed by atoms with van der Waals surface area (Å²) in [4.78, 5) is 30.9. The Hall–Kier alpha value is -3.32. The number of anilines is 1. The molecule has 5 nitrogen and oxygen atoms in total. The summed E-state index contributed by atoms with van der Waals surface area (Å²) in [5, 5.41) is 6.53. The topological polar surface area (TPSA) is 64.0 Å². The summed E-state index contributed by atoms with van der Waals surface area (Å²) in [5.41, 5.74) is 1.56. The molecule has 0 atom stereocenters. The first kappa shape index (κ1) is 22.5.